The average Bonchev–Trinajstić information content (AvgIpc) is 2.43. The Kier molecular flexibility index (Phi) is 3.48. The fourth-order valence-corrected chi connectivity index (χ4v) is 3.53. The topological polar surface area (TPSA) is 46.5 Å². The smallest absolute Gasteiger partial charge is 0.310 e. The normalized spacial score (nSPS) is 13.9. The van der Waals surface area contributed by atoms with Crippen LogP contribution in [0.3, 0.4) is 0 Å². The van der Waals surface area contributed by atoms with E-state index in [1.807, 2.05) is 36.4 Å². The number of hydrogen-bond acceptors (Lipinski definition) is 3. The Morgan fingerprint density at radius 3 is 2.55 bits per heavy atom. The van der Waals surface area contributed by atoms with E-state index in [2.05, 4.69) is 15.9 Å². The van der Waals surface area contributed by atoms with E-state index in [0.29, 0.717) is 0 Å². The quantitative estimate of drug-likeness (QED) is 0.714. The number of benzene rings is 2. The number of hydrogen-bond donors (Lipinski definition) is 1. The predicted molar refractivity (Wildman–Crippen MR) is 80.8 cm³/mol. The van der Waals surface area contributed by atoms with Gasteiger partial charge in [-0.2, -0.15) is 0 Å². The molecule has 3 nitrogen and oxygen atoms in total. The zero-order valence-electron chi connectivity index (χ0n) is 10.6. The van der Waals surface area contributed by atoms with Crippen LogP contribution in [-0.4, -0.2) is 11.1 Å². The van der Waals surface area contributed by atoms with E-state index in [1.165, 1.54) is 0 Å². The number of carboxylic acids is 1. The molecule has 1 unspecified atom stereocenters. The van der Waals surface area contributed by atoms with Gasteiger partial charge in [-0.1, -0.05) is 33.8 Å². The summed E-state index contributed by atoms with van der Waals surface area (Å²) in [4.78, 5) is 13.0. The lowest BCUT2D eigenvalue weighted by Gasteiger charge is -2.21. The third-order valence-corrected chi connectivity index (χ3v) is 4.75. The van der Waals surface area contributed by atoms with Gasteiger partial charge in [-0.15, -0.1) is 0 Å². The highest BCUT2D eigenvalue weighted by Crippen LogP contribution is 2.48. The molecule has 5 heteroatoms. The lowest BCUT2D eigenvalue weighted by atomic mass is 10.0. The van der Waals surface area contributed by atoms with Crippen LogP contribution in [0.2, 0.25) is 0 Å². The van der Waals surface area contributed by atoms with Gasteiger partial charge in [0.2, 0.25) is 0 Å². The Morgan fingerprint density at radius 2 is 1.85 bits per heavy atom. The molecular weight excluding hydrogens is 340 g/mol. The van der Waals surface area contributed by atoms with Gasteiger partial charge in [-0.3, -0.25) is 4.79 Å². The highest BCUT2D eigenvalue weighted by molar-refractivity contribution is 9.10. The molecule has 0 bridgehead atoms. The lowest BCUT2D eigenvalue weighted by molar-refractivity contribution is -0.138. The first kappa shape index (κ1) is 13.5. The second-order valence-electron chi connectivity index (χ2n) is 4.56. The minimum atomic E-state index is -0.824. The van der Waals surface area contributed by atoms with E-state index in [9.17, 15) is 4.79 Å². The zero-order valence-corrected chi connectivity index (χ0v) is 13.0. The van der Waals surface area contributed by atoms with Crippen molar-refractivity contribution in [3.05, 3.63) is 46.4 Å². The summed E-state index contributed by atoms with van der Waals surface area (Å²) in [7, 11) is 0. The van der Waals surface area contributed by atoms with E-state index in [4.69, 9.17) is 9.84 Å². The average molecular weight is 351 g/mol. The van der Waals surface area contributed by atoms with Crippen molar-refractivity contribution < 1.29 is 14.6 Å². The van der Waals surface area contributed by atoms with Crippen LogP contribution < -0.4 is 4.74 Å². The highest BCUT2D eigenvalue weighted by Gasteiger charge is 2.21. The van der Waals surface area contributed by atoms with Crippen molar-refractivity contribution in [3.8, 4) is 11.5 Å². The second kappa shape index (κ2) is 5.14. The molecule has 102 valence electrons. The minimum Gasteiger partial charge on any atom is -0.481 e. The zero-order chi connectivity index (χ0) is 14.3. The SMILES string of the molecule is CC(C(=O)O)c1ccc2c(c1)Sc1cc(Br)ccc1O2. The number of rotatable bonds is 2. The summed E-state index contributed by atoms with van der Waals surface area (Å²) in [6.07, 6.45) is 0. The molecule has 1 atom stereocenters. The Hall–Kier alpha value is -1.46. The van der Waals surface area contributed by atoms with Crippen molar-refractivity contribution >= 4 is 33.7 Å². The van der Waals surface area contributed by atoms with Crippen LogP contribution in [0, 0.1) is 0 Å². The van der Waals surface area contributed by atoms with Gasteiger partial charge >= 0.3 is 5.97 Å². The van der Waals surface area contributed by atoms with Crippen LogP contribution in [0.1, 0.15) is 18.4 Å². The van der Waals surface area contributed by atoms with Crippen LogP contribution in [0.25, 0.3) is 0 Å². The molecule has 0 spiro atoms. The molecule has 3 rings (SSSR count). The maximum Gasteiger partial charge on any atom is 0.310 e. The van der Waals surface area contributed by atoms with E-state index >= 15 is 0 Å². The third-order valence-electron chi connectivity index (χ3n) is 3.18. The van der Waals surface area contributed by atoms with Crippen molar-refractivity contribution in [2.24, 2.45) is 0 Å². The summed E-state index contributed by atoms with van der Waals surface area (Å²) in [6.45, 7) is 1.68. The largest absolute Gasteiger partial charge is 0.481 e. The number of halogens is 1. The van der Waals surface area contributed by atoms with E-state index in [1.54, 1.807) is 18.7 Å². The summed E-state index contributed by atoms with van der Waals surface area (Å²) in [5.74, 6) is 0.246. The first-order chi connectivity index (χ1) is 9.54. The Morgan fingerprint density at radius 1 is 1.20 bits per heavy atom. The molecule has 1 N–H and O–H groups in total. The molecule has 1 aliphatic rings. The molecule has 1 heterocycles. The highest BCUT2D eigenvalue weighted by atomic mass is 79.9. The van der Waals surface area contributed by atoms with Crippen molar-refractivity contribution in [1.29, 1.82) is 0 Å². The number of aliphatic carboxylic acids is 1. The molecule has 0 aliphatic carbocycles. The van der Waals surface area contributed by atoms with Gasteiger partial charge in [0.1, 0.15) is 11.5 Å². The van der Waals surface area contributed by atoms with Crippen molar-refractivity contribution in [1.82, 2.24) is 0 Å². The number of fused-ring (bicyclic) bond motifs is 2. The van der Waals surface area contributed by atoms with Crippen LogP contribution in [0.4, 0.5) is 0 Å². The van der Waals surface area contributed by atoms with Gasteiger partial charge < -0.3 is 9.84 Å². The summed E-state index contributed by atoms with van der Waals surface area (Å²) < 4.78 is 6.83. The number of carbonyl (C=O) groups is 1. The van der Waals surface area contributed by atoms with Crippen LogP contribution >= 0.6 is 27.7 Å². The molecule has 2 aromatic rings. The van der Waals surface area contributed by atoms with E-state index < -0.39 is 11.9 Å². The van der Waals surface area contributed by atoms with Gasteiger partial charge in [0, 0.05) is 4.47 Å². The molecule has 0 fully saturated rings. The molecule has 20 heavy (non-hydrogen) atoms. The maximum absolute atomic E-state index is 11.1. The first-order valence-corrected chi connectivity index (χ1v) is 7.67. The van der Waals surface area contributed by atoms with Gasteiger partial charge in [0.15, 0.2) is 0 Å². The second-order valence-corrected chi connectivity index (χ2v) is 6.56. The standard InChI is InChI=1S/C15H11BrO3S/c1-8(15(17)18)9-2-4-11-13(6-9)20-14-7-10(16)3-5-12(14)19-11/h2-8H,1H3,(H,17,18). The lowest BCUT2D eigenvalue weighted by Crippen LogP contribution is -2.07. The maximum atomic E-state index is 11.1. The number of ether oxygens (including phenoxy) is 1. The van der Waals surface area contributed by atoms with E-state index in [0.717, 1.165) is 31.3 Å². The minimum absolute atomic E-state index is 0.523. The molecule has 0 saturated carbocycles. The van der Waals surface area contributed by atoms with Crippen LogP contribution in [-0.2, 0) is 4.79 Å². The summed E-state index contributed by atoms with van der Waals surface area (Å²) in [5, 5.41) is 9.09. The Bertz CT molecular complexity index is 700. The van der Waals surface area contributed by atoms with Crippen molar-refractivity contribution in [2.75, 3.05) is 0 Å². The fraction of sp³-hybridized carbons (Fsp3) is 0.133. The molecule has 0 amide bonds. The number of carboxylic acid groups (broad SMARTS) is 1. The van der Waals surface area contributed by atoms with Gasteiger partial charge in [0.25, 0.3) is 0 Å². The molecule has 1 aliphatic heterocycles. The van der Waals surface area contributed by atoms with Gasteiger partial charge in [0.05, 0.1) is 15.7 Å². The van der Waals surface area contributed by atoms with Crippen LogP contribution in [0.15, 0.2) is 50.7 Å². The summed E-state index contributed by atoms with van der Waals surface area (Å²) in [6, 6.07) is 11.4. The summed E-state index contributed by atoms with van der Waals surface area (Å²) >= 11 is 5.03. The van der Waals surface area contributed by atoms with E-state index in [-0.39, 0.29) is 0 Å². The summed E-state index contributed by atoms with van der Waals surface area (Å²) in [5.41, 5.74) is 0.783. The van der Waals surface area contributed by atoms with Crippen LogP contribution in [0.5, 0.6) is 11.5 Å². The Labute approximate surface area is 129 Å². The molecule has 0 radical (unpaired) electrons. The monoisotopic (exact) mass is 350 g/mol. The first-order valence-electron chi connectivity index (χ1n) is 6.06. The van der Waals surface area contributed by atoms with Crippen molar-refractivity contribution in [3.63, 3.8) is 0 Å². The third kappa shape index (κ3) is 2.43. The molecular formula is C15H11BrO3S. The fourth-order valence-electron chi connectivity index (χ4n) is 1.98. The molecule has 2 aromatic carbocycles. The molecule has 0 saturated heterocycles. The van der Waals surface area contributed by atoms with Gasteiger partial charge in [-0.05, 0) is 42.8 Å². The molecule has 0 aromatic heterocycles. The van der Waals surface area contributed by atoms with Crippen molar-refractivity contribution in [2.45, 2.75) is 22.6 Å². The van der Waals surface area contributed by atoms with Gasteiger partial charge in [-0.25, -0.2) is 0 Å². The predicted octanol–water partition coefficient (Wildman–Crippen LogP) is 4.89. The Balaban J connectivity index is 1.99.